The molecule has 0 saturated heterocycles. The summed E-state index contributed by atoms with van der Waals surface area (Å²) in [6, 6.07) is 10.7. The van der Waals surface area contributed by atoms with Gasteiger partial charge in [0.1, 0.15) is 0 Å². The zero-order valence-corrected chi connectivity index (χ0v) is 17.1. The number of hydrogen-bond acceptors (Lipinski definition) is 6. The predicted octanol–water partition coefficient (Wildman–Crippen LogP) is 4.71. The van der Waals surface area contributed by atoms with Crippen LogP contribution in [-0.2, 0) is 14.3 Å². The number of aryl methyl sites for hydroxylation is 1. The van der Waals surface area contributed by atoms with E-state index in [-0.39, 0.29) is 34.5 Å². The Kier molecular flexibility index (Phi) is 6.34. The number of cyclic esters (lactones) is 1. The first kappa shape index (κ1) is 20.6. The Morgan fingerprint density at radius 1 is 1.28 bits per heavy atom. The van der Waals surface area contributed by atoms with Crippen molar-refractivity contribution in [1.29, 1.82) is 0 Å². The Morgan fingerprint density at radius 2 is 2.03 bits per heavy atom. The van der Waals surface area contributed by atoms with Crippen LogP contribution in [0.5, 0.6) is 11.5 Å². The maximum Gasteiger partial charge on any atom is 0.363 e. The minimum Gasteiger partial charge on any atom is -0.493 e. The quantitative estimate of drug-likeness (QED) is 0.389. The first-order chi connectivity index (χ1) is 13.9. The molecule has 3 rings (SSSR count). The maximum absolute atomic E-state index is 12.3. The SMILES string of the molecule is CCCC(=O)Oc1c(Cl)cc(/C=C2\N=C(c3ccccc3C)OC2=O)cc1OC. The molecule has 0 N–H and O–H groups in total. The van der Waals surface area contributed by atoms with Gasteiger partial charge in [-0.25, -0.2) is 9.79 Å². The Morgan fingerprint density at radius 3 is 2.72 bits per heavy atom. The smallest absolute Gasteiger partial charge is 0.363 e. The minimum atomic E-state index is -0.559. The van der Waals surface area contributed by atoms with Gasteiger partial charge in [-0.3, -0.25) is 4.79 Å². The number of nitrogens with zero attached hydrogens (tertiary/aromatic N) is 1. The lowest BCUT2D eigenvalue weighted by Crippen LogP contribution is -2.08. The molecule has 0 aliphatic carbocycles. The molecule has 1 aliphatic rings. The van der Waals surface area contributed by atoms with Crippen LogP contribution < -0.4 is 9.47 Å². The molecule has 0 spiro atoms. The van der Waals surface area contributed by atoms with E-state index in [1.165, 1.54) is 7.11 Å². The average Bonchev–Trinajstić information content (AvgIpc) is 3.04. The van der Waals surface area contributed by atoms with E-state index >= 15 is 0 Å². The van der Waals surface area contributed by atoms with E-state index in [1.807, 2.05) is 38.1 Å². The number of carbonyl (C=O) groups is 2. The van der Waals surface area contributed by atoms with Gasteiger partial charge in [0.2, 0.25) is 5.90 Å². The van der Waals surface area contributed by atoms with Crippen LogP contribution in [0.2, 0.25) is 5.02 Å². The van der Waals surface area contributed by atoms with Crippen molar-refractivity contribution in [3.63, 3.8) is 0 Å². The van der Waals surface area contributed by atoms with E-state index in [0.29, 0.717) is 12.0 Å². The number of benzene rings is 2. The van der Waals surface area contributed by atoms with Gasteiger partial charge in [0.15, 0.2) is 17.2 Å². The number of carbonyl (C=O) groups excluding carboxylic acids is 2. The Labute approximate surface area is 173 Å². The van der Waals surface area contributed by atoms with Crippen LogP contribution in [0.3, 0.4) is 0 Å². The van der Waals surface area contributed by atoms with Gasteiger partial charge in [0, 0.05) is 12.0 Å². The van der Waals surface area contributed by atoms with Crippen LogP contribution >= 0.6 is 11.6 Å². The number of ether oxygens (including phenoxy) is 3. The summed E-state index contributed by atoms with van der Waals surface area (Å²) in [4.78, 5) is 28.4. The van der Waals surface area contributed by atoms with E-state index in [2.05, 4.69) is 4.99 Å². The van der Waals surface area contributed by atoms with Gasteiger partial charge in [0.25, 0.3) is 0 Å². The molecule has 0 radical (unpaired) electrons. The summed E-state index contributed by atoms with van der Waals surface area (Å²) in [5.74, 6) is -0.277. The van der Waals surface area contributed by atoms with Crippen LogP contribution in [0, 0.1) is 6.92 Å². The Balaban J connectivity index is 1.94. The molecule has 0 atom stereocenters. The lowest BCUT2D eigenvalue weighted by molar-refractivity contribution is -0.134. The number of esters is 2. The fourth-order valence-corrected chi connectivity index (χ4v) is 3.04. The van der Waals surface area contributed by atoms with Gasteiger partial charge in [-0.2, -0.15) is 0 Å². The van der Waals surface area contributed by atoms with Crippen molar-refractivity contribution < 1.29 is 23.8 Å². The summed E-state index contributed by atoms with van der Waals surface area (Å²) in [6.07, 6.45) is 2.47. The second-order valence-electron chi connectivity index (χ2n) is 6.41. The molecule has 150 valence electrons. The molecular formula is C22H20ClNO5. The van der Waals surface area contributed by atoms with E-state index in [4.69, 9.17) is 25.8 Å². The average molecular weight is 414 g/mol. The van der Waals surface area contributed by atoms with Crippen molar-refractivity contribution in [3.05, 3.63) is 63.8 Å². The van der Waals surface area contributed by atoms with E-state index in [0.717, 1.165) is 11.1 Å². The molecule has 0 aromatic heterocycles. The zero-order valence-electron chi connectivity index (χ0n) is 16.3. The predicted molar refractivity (Wildman–Crippen MR) is 110 cm³/mol. The molecule has 0 amide bonds. The van der Waals surface area contributed by atoms with Gasteiger partial charge in [-0.1, -0.05) is 36.7 Å². The monoisotopic (exact) mass is 413 g/mol. The highest BCUT2D eigenvalue weighted by Gasteiger charge is 2.25. The molecule has 2 aromatic carbocycles. The summed E-state index contributed by atoms with van der Waals surface area (Å²) in [6.45, 7) is 3.79. The normalized spacial score (nSPS) is 14.6. The molecule has 0 bridgehead atoms. The number of hydrogen-bond donors (Lipinski definition) is 0. The standard InChI is InChI=1S/C22H20ClNO5/c1-4-7-19(25)28-20-16(23)10-14(12-18(20)27-3)11-17-22(26)29-21(24-17)15-9-6-5-8-13(15)2/h5-6,8-12H,4,7H2,1-3H3/b17-11-. The molecule has 29 heavy (non-hydrogen) atoms. The van der Waals surface area contributed by atoms with Crippen molar-refractivity contribution >= 4 is 35.5 Å². The van der Waals surface area contributed by atoms with E-state index in [9.17, 15) is 9.59 Å². The number of rotatable bonds is 6. The highest BCUT2D eigenvalue weighted by Crippen LogP contribution is 2.37. The fourth-order valence-electron chi connectivity index (χ4n) is 2.79. The van der Waals surface area contributed by atoms with Gasteiger partial charge in [-0.15, -0.1) is 0 Å². The summed E-state index contributed by atoms with van der Waals surface area (Å²) in [5.41, 5.74) is 2.39. The van der Waals surface area contributed by atoms with Crippen molar-refractivity contribution in [3.8, 4) is 11.5 Å². The number of aliphatic imine (C=N–C) groups is 1. The third-order valence-corrected chi connectivity index (χ3v) is 4.50. The third-order valence-electron chi connectivity index (χ3n) is 4.22. The molecule has 7 heteroatoms. The van der Waals surface area contributed by atoms with Crippen LogP contribution in [0.15, 0.2) is 47.1 Å². The van der Waals surface area contributed by atoms with Gasteiger partial charge in [-0.05, 0) is 48.7 Å². The second kappa shape index (κ2) is 8.92. The van der Waals surface area contributed by atoms with Crippen LogP contribution in [-0.4, -0.2) is 24.9 Å². The molecule has 0 saturated carbocycles. The third kappa shape index (κ3) is 4.66. The summed E-state index contributed by atoms with van der Waals surface area (Å²) < 4.78 is 15.9. The second-order valence-corrected chi connectivity index (χ2v) is 6.82. The number of methoxy groups -OCH3 is 1. The molecular weight excluding hydrogens is 394 g/mol. The van der Waals surface area contributed by atoms with E-state index < -0.39 is 11.9 Å². The Hall–Kier alpha value is -3.12. The highest BCUT2D eigenvalue weighted by molar-refractivity contribution is 6.32. The molecule has 1 aliphatic heterocycles. The fraction of sp³-hybridized carbons (Fsp3) is 0.227. The maximum atomic E-state index is 12.3. The first-order valence-corrected chi connectivity index (χ1v) is 9.47. The lowest BCUT2D eigenvalue weighted by atomic mass is 10.1. The molecule has 6 nitrogen and oxygen atoms in total. The van der Waals surface area contributed by atoms with Crippen LogP contribution in [0.25, 0.3) is 6.08 Å². The zero-order chi connectivity index (χ0) is 21.0. The van der Waals surface area contributed by atoms with Gasteiger partial charge in [0.05, 0.1) is 12.1 Å². The molecule has 1 heterocycles. The minimum absolute atomic E-state index is 0.136. The topological polar surface area (TPSA) is 74.2 Å². The van der Waals surface area contributed by atoms with E-state index in [1.54, 1.807) is 18.2 Å². The van der Waals surface area contributed by atoms with Crippen molar-refractivity contribution in [2.45, 2.75) is 26.7 Å². The van der Waals surface area contributed by atoms with Gasteiger partial charge >= 0.3 is 11.9 Å². The van der Waals surface area contributed by atoms with Crippen LogP contribution in [0.4, 0.5) is 0 Å². The highest BCUT2D eigenvalue weighted by atomic mass is 35.5. The lowest BCUT2D eigenvalue weighted by Gasteiger charge is -2.11. The van der Waals surface area contributed by atoms with Gasteiger partial charge < -0.3 is 14.2 Å². The molecule has 0 unspecified atom stereocenters. The van der Waals surface area contributed by atoms with Crippen molar-refractivity contribution in [2.24, 2.45) is 4.99 Å². The van der Waals surface area contributed by atoms with Crippen LogP contribution in [0.1, 0.15) is 36.5 Å². The summed E-state index contributed by atoms with van der Waals surface area (Å²) in [5, 5.41) is 0.190. The number of halogens is 1. The van der Waals surface area contributed by atoms with Crippen molar-refractivity contribution in [1.82, 2.24) is 0 Å². The van der Waals surface area contributed by atoms with Crippen molar-refractivity contribution in [2.75, 3.05) is 7.11 Å². The largest absolute Gasteiger partial charge is 0.493 e. The molecule has 0 fully saturated rings. The Bertz CT molecular complexity index is 1030. The summed E-state index contributed by atoms with van der Waals surface area (Å²) >= 11 is 6.29. The first-order valence-electron chi connectivity index (χ1n) is 9.09. The summed E-state index contributed by atoms with van der Waals surface area (Å²) in [7, 11) is 1.44. The molecule has 2 aromatic rings.